The number of nitrogens with zero attached hydrogens (tertiary/aromatic N) is 2. The van der Waals surface area contributed by atoms with Gasteiger partial charge >= 0.3 is 5.97 Å². The van der Waals surface area contributed by atoms with Crippen LogP contribution in [0.15, 0.2) is 4.99 Å². The van der Waals surface area contributed by atoms with E-state index in [4.69, 9.17) is 4.74 Å². The van der Waals surface area contributed by atoms with Crippen LogP contribution in [0, 0.1) is 17.8 Å². The molecule has 0 aromatic heterocycles. The molecule has 2 unspecified atom stereocenters. The molecule has 2 atom stereocenters. The van der Waals surface area contributed by atoms with Crippen molar-refractivity contribution in [2.45, 2.75) is 39.0 Å². The third-order valence-corrected chi connectivity index (χ3v) is 5.31. The van der Waals surface area contributed by atoms with E-state index < -0.39 is 0 Å². The van der Waals surface area contributed by atoms with Gasteiger partial charge in [-0.05, 0) is 18.8 Å². The van der Waals surface area contributed by atoms with E-state index in [-0.39, 0.29) is 29.6 Å². The minimum atomic E-state index is -0.162. The Kier molecular flexibility index (Phi) is 7.52. The molecule has 0 aromatic rings. The van der Waals surface area contributed by atoms with E-state index in [1.165, 1.54) is 13.5 Å². The standard InChI is InChI=1S/C18H32N4O3/c1-13-11-22(12-15(13)17(24)25-3)18(19-2)21-10-9-20-16(23)14-7-5-4-6-8-14/h13-15H,4-12H2,1-3H3,(H,19,21)(H,20,23). The molecule has 1 amide bonds. The Balaban J connectivity index is 1.72. The van der Waals surface area contributed by atoms with Crippen LogP contribution in [0.5, 0.6) is 0 Å². The molecule has 2 rings (SSSR count). The lowest BCUT2D eigenvalue weighted by molar-refractivity contribution is -0.146. The highest BCUT2D eigenvalue weighted by Gasteiger charge is 2.36. The summed E-state index contributed by atoms with van der Waals surface area (Å²) in [5.41, 5.74) is 0. The molecule has 2 fully saturated rings. The molecule has 7 nitrogen and oxygen atoms in total. The Labute approximate surface area is 150 Å². The van der Waals surface area contributed by atoms with Gasteiger partial charge in [-0.25, -0.2) is 0 Å². The van der Waals surface area contributed by atoms with Crippen molar-refractivity contribution in [1.82, 2.24) is 15.5 Å². The van der Waals surface area contributed by atoms with Crippen LogP contribution in [0.25, 0.3) is 0 Å². The molecule has 25 heavy (non-hydrogen) atoms. The Hall–Kier alpha value is -1.79. The number of guanidine groups is 1. The largest absolute Gasteiger partial charge is 0.469 e. The van der Waals surface area contributed by atoms with Gasteiger partial charge in [-0.3, -0.25) is 14.6 Å². The van der Waals surface area contributed by atoms with E-state index in [0.29, 0.717) is 19.6 Å². The van der Waals surface area contributed by atoms with Crippen molar-refractivity contribution in [2.75, 3.05) is 40.3 Å². The summed E-state index contributed by atoms with van der Waals surface area (Å²) in [7, 11) is 3.17. The zero-order chi connectivity index (χ0) is 18.2. The first kappa shape index (κ1) is 19.5. The van der Waals surface area contributed by atoms with Crippen molar-refractivity contribution < 1.29 is 14.3 Å². The Morgan fingerprint density at radius 3 is 2.44 bits per heavy atom. The number of methoxy groups -OCH3 is 1. The molecule has 1 aliphatic carbocycles. The molecule has 1 heterocycles. The molecule has 1 saturated carbocycles. The van der Waals surface area contributed by atoms with Crippen molar-refractivity contribution in [1.29, 1.82) is 0 Å². The highest BCUT2D eigenvalue weighted by Crippen LogP contribution is 2.24. The maximum absolute atomic E-state index is 12.1. The normalized spacial score (nSPS) is 24.9. The van der Waals surface area contributed by atoms with Crippen LogP contribution < -0.4 is 10.6 Å². The summed E-state index contributed by atoms with van der Waals surface area (Å²) in [6.45, 7) is 4.65. The number of hydrogen-bond acceptors (Lipinski definition) is 4. The second-order valence-corrected chi connectivity index (χ2v) is 7.11. The average Bonchev–Trinajstić information content (AvgIpc) is 3.03. The van der Waals surface area contributed by atoms with Crippen molar-refractivity contribution in [3.63, 3.8) is 0 Å². The van der Waals surface area contributed by atoms with Gasteiger partial charge < -0.3 is 20.3 Å². The van der Waals surface area contributed by atoms with Gasteiger partial charge in [0.15, 0.2) is 5.96 Å². The van der Waals surface area contributed by atoms with E-state index >= 15 is 0 Å². The van der Waals surface area contributed by atoms with Gasteiger partial charge in [0.1, 0.15) is 0 Å². The number of carbonyl (C=O) groups excluding carboxylic acids is 2. The van der Waals surface area contributed by atoms with E-state index in [2.05, 4.69) is 27.4 Å². The van der Waals surface area contributed by atoms with Gasteiger partial charge in [0.2, 0.25) is 5.91 Å². The van der Waals surface area contributed by atoms with Gasteiger partial charge in [0, 0.05) is 39.1 Å². The molecule has 0 radical (unpaired) electrons. The number of esters is 1. The quantitative estimate of drug-likeness (QED) is 0.334. The average molecular weight is 352 g/mol. The van der Waals surface area contributed by atoms with Crippen LogP contribution >= 0.6 is 0 Å². The fourth-order valence-corrected chi connectivity index (χ4v) is 3.80. The van der Waals surface area contributed by atoms with Crippen LogP contribution in [0.4, 0.5) is 0 Å². The topological polar surface area (TPSA) is 83.0 Å². The fraction of sp³-hybridized carbons (Fsp3) is 0.833. The number of aliphatic imine (C=N–C) groups is 1. The number of nitrogens with one attached hydrogen (secondary N) is 2. The molecular weight excluding hydrogens is 320 g/mol. The van der Waals surface area contributed by atoms with Crippen molar-refractivity contribution >= 4 is 17.8 Å². The summed E-state index contributed by atoms with van der Waals surface area (Å²) in [6.07, 6.45) is 5.61. The third kappa shape index (κ3) is 5.34. The van der Waals surface area contributed by atoms with Crippen molar-refractivity contribution in [2.24, 2.45) is 22.7 Å². The van der Waals surface area contributed by atoms with Crippen LogP contribution in [0.3, 0.4) is 0 Å². The first-order valence-electron chi connectivity index (χ1n) is 9.38. The molecule has 0 aromatic carbocycles. The lowest BCUT2D eigenvalue weighted by Gasteiger charge is -2.23. The number of ether oxygens (including phenoxy) is 1. The number of rotatable bonds is 5. The molecular formula is C18H32N4O3. The zero-order valence-electron chi connectivity index (χ0n) is 15.7. The monoisotopic (exact) mass is 352 g/mol. The molecule has 7 heteroatoms. The van der Waals surface area contributed by atoms with Crippen LogP contribution in [-0.2, 0) is 14.3 Å². The van der Waals surface area contributed by atoms with Crippen LogP contribution in [0.1, 0.15) is 39.0 Å². The molecule has 0 bridgehead atoms. The minimum absolute atomic E-state index is 0.116. The predicted octanol–water partition coefficient (Wildman–Crippen LogP) is 0.999. The van der Waals surface area contributed by atoms with E-state index in [1.807, 2.05) is 0 Å². The summed E-state index contributed by atoms with van der Waals surface area (Å²) in [4.78, 5) is 30.3. The van der Waals surface area contributed by atoms with E-state index in [9.17, 15) is 9.59 Å². The maximum Gasteiger partial charge on any atom is 0.310 e. The van der Waals surface area contributed by atoms with Crippen molar-refractivity contribution in [3.05, 3.63) is 0 Å². The summed E-state index contributed by atoms with van der Waals surface area (Å²) in [6, 6.07) is 0. The van der Waals surface area contributed by atoms with E-state index in [1.54, 1.807) is 7.05 Å². The maximum atomic E-state index is 12.1. The molecule has 1 aliphatic heterocycles. The van der Waals surface area contributed by atoms with Gasteiger partial charge in [0.25, 0.3) is 0 Å². The first-order valence-corrected chi connectivity index (χ1v) is 9.38. The second-order valence-electron chi connectivity index (χ2n) is 7.11. The highest BCUT2D eigenvalue weighted by atomic mass is 16.5. The predicted molar refractivity (Wildman–Crippen MR) is 97.2 cm³/mol. The first-order chi connectivity index (χ1) is 12.1. The summed E-state index contributed by atoms with van der Waals surface area (Å²) in [5, 5.41) is 6.30. The van der Waals surface area contributed by atoms with Gasteiger partial charge in [-0.15, -0.1) is 0 Å². The minimum Gasteiger partial charge on any atom is -0.469 e. The van der Waals surface area contributed by atoms with Gasteiger partial charge in [0.05, 0.1) is 13.0 Å². The Morgan fingerprint density at radius 1 is 1.12 bits per heavy atom. The van der Waals surface area contributed by atoms with E-state index in [0.717, 1.165) is 38.2 Å². The number of amides is 1. The van der Waals surface area contributed by atoms with Crippen LogP contribution in [0.2, 0.25) is 0 Å². The molecule has 2 aliphatic rings. The molecule has 142 valence electrons. The fourth-order valence-electron chi connectivity index (χ4n) is 3.80. The Bertz CT molecular complexity index is 489. The number of carbonyl (C=O) groups is 2. The summed E-state index contributed by atoms with van der Waals surface area (Å²) < 4.78 is 4.88. The van der Waals surface area contributed by atoms with Crippen molar-refractivity contribution in [3.8, 4) is 0 Å². The Morgan fingerprint density at radius 2 is 1.80 bits per heavy atom. The summed E-state index contributed by atoms with van der Waals surface area (Å²) in [5.74, 6) is 1.09. The highest BCUT2D eigenvalue weighted by molar-refractivity contribution is 5.82. The second kappa shape index (κ2) is 9.63. The third-order valence-electron chi connectivity index (χ3n) is 5.31. The lowest BCUT2D eigenvalue weighted by atomic mass is 9.89. The SMILES string of the molecule is CN=C(NCCNC(=O)C1CCCCC1)N1CC(C)C(C(=O)OC)C1. The zero-order valence-corrected chi connectivity index (χ0v) is 15.7. The molecule has 1 saturated heterocycles. The molecule has 2 N–H and O–H groups in total. The molecule has 0 spiro atoms. The van der Waals surface area contributed by atoms with Gasteiger partial charge in [-0.1, -0.05) is 26.2 Å². The van der Waals surface area contributed by atoms with Crippen LogP contribution in [-0.4, -0.2) is 63.1 Å². The number of likely N-dealkylation sites (tertiary alicyclic amines) is 1. The lowest BCUT2D eigenvalue weighted by Crippen LogP contribution is -2.44. The smallest absolute Gasteiger partial charge is 0.310 e. The van der Waals surface area contributed by atoms with Gasteiger partial charge in [-0.2, -0.15) is 0 Å². The number of hydrogen-bond donors (Lipinski definition) is 2. The summed E-state index contributed by atoms with van der Waals surface area (Å²) >= 11 is 0.